The highest BCUT2D eigenvalue weighted by Crippen LogP contribution is 2.32. The molecule has 1 rings (SSSR count). The van der Waals surface area contributed by atoms with Gasteiger partial charge in [0, 0.05) is 0 Å². The van der Waals surface area contributed by atoms with Gasteiger partial charge in [0.15, 0.2) is 5.92 Å². The van der Waals surface area contributed by atoms with Crippen molar-refractivity contribution < 1.29 is 41.0 Å². The van der Waals surface area contributed by atoms with Crippen LogP contribution in [0.15, 0.2) is 24.3 Å². The molecule has 112 valence electrons. The average molecular weight is 302 g/mol. The van der Waals surface area contributed by atoms with Crippen LogP contribution in [0, 0.1) is 5.92 Å². The molecule has 1 aromatic rings. The Morgan fingerprint density at radius 3 is 2.25 bits per heavy atom. The Morgan fingerprint density at radius 1 is 1.20 bits per heavy atom. The number of hydrogen-bond acceptors (Lipinski definition) is 2. The molecule has 3 nitrogen and oxygen atoms in total. The Hall–Kier alpha value is -1.93. The molecular weight excluding hydrogens is 294 g/mol. The van der Waals surface area contributed by atoms with Gasteiger partial charge in [0.05, 0.1) is 5.56 Å². The van der Waals surface area contributed by atoms with Crippen LogP contribution in [0.4, 0.5) is 26.3 Å². The SMILES string of the molecule is O=C(O)C(COc1cccc(C(F)(F)F)c1)C(F)(F)F. The Bertz CT molecular complexity index is 480. The molecule has 1 aromatic carbocycles. The molecule has 0 aliphatic heterocycles. The lowest BCUT2D eigenvalue weighted by molar-refractivity contribution is -0.198. The lowest BCUT2D eigenvalue weighted by Gasteiger charge is -2.17. The molecule has 0 saturated carbocycles. The van der Waals surface area contributed by atoms with E-state index < -0.39 is 42.2 Å². The average Bonchev–Trinajstić information content (AvgIpc) is 2.26. The summed E-state index contributed by atoms with van der Waals surface area (Å²) in [5, 5.41) is 8.39. The summed E-state index contributed by atoms with van der Waals surface area (Å²) in [7, 11) is 0. The van der Waals surface area contributed by atoms with Crippen LogP contribution in [0.3, 0.4) is 0 Å². The highest BCUT2D eigenvalue weighted by molar-refractivity contribution is 5.71. The van der Waals surface area contributed by atoms with E-state index in [-0.39, 0.29) is 0 Å². The summed E-state index contributed by atoms with van der Waals surface area (Å²) in [5.41, 5.74) is -1.10. The van der Waals surface area contributed by atoms with Crippen LogP contribution >= 0.6 is 0 Å². The maximum absolute atomic E-state index is 12.4. The third-order valence-corrected chi connectivity index (χ3v) is 2.27. The fourth-order valence-electron chi connectivity index (χ4n) is 1.25. The molecule has 0 aliphatic carbocycles. The van der Waals surface area contributed by atoms with E-state index >= 15 is 0 Å². The smallest absolute Gasteiger partial charge is 0.416 e. The summed E-state index contributed by atoms with van der Waals surface area (Å²) in [6.45, 7) is -1.31. The largest absolute Gasteiger partial charge is 0.492 e. The first-order valence-electron chi connectivity index (χ1n) is 5.11. The highest BCUT2D eigenvalue weighted by Gasteiger charge is 2.45. The summed E-state index contributed by atoms with van der Waals surface area (Å²) < 4.78 is 78.5. The van der Waals surface area contributed by atoms with Crippen LogP contribution in [-0.2, 0) is 11.0 Å². The number of ether oxygens (including phenoxy) is 1. The zero-order chi connectivity index (χ0) is 15.6. The van der Waals surface area contributed by atoms with Gasteiger partial charge in [0.25, 0.3) is 0 Å². The molecule has 1 atom stereocenters. The fourth-order valence-corrected chi connectivity index (χ4v) is 1.25. The first-order valence-corrected chi connectivity index (χ1v) is 5.11. The van der Waals surface area contributed by atoms with Gasteiger partial charge >= 0.3 is 18.3 Å². The molecule has 0 amide bonds. The lowest BCUT2D eigenvalue weighted by Crippen LogP contribution is -2.35. The number of carbonyl (C=O) groups is 1. The first kappa shape index (κ1) is 16.1. The minimum atomic E-state index is -5.05. The molecular formula is C11H8F6O3. The van der Waals surface area contributed by atoms with Crippen molar-refractivity contribution in [2.45, 2.75) is 12.4 Å². The predicted octanol–water partition coefficient (Wildman–Crippen LogP) is 3.35. The quantitative estimate of drug-likeness (QED) is 0.868. The third kappa shape index (κ3) is 4.32. The Morgan fingerprint density at radius 2 is 1.80 bits per heavy atom. The van der Waals surface area contributed by atoms with Gasteiger partial charge < -0.3 is 9.84 Å². The van der Waals surface area contributed by atoms with Gasteiger partial charge in [-0.15, -0.1) is 0 Å². The van der Waals surface area contributed by atoms with Crippen molar-refractivity contribution in [3.05, 3.63) is 29.8 Å². The maximum Gasteiger partial charge on any atom is 0.416 e. The van der Waals surface area contributed by atoms with Crippen LogP contribution in [0.1, 0.15) is 5.56 Å². The lowest BCUT2D eigenvalue weighted by atomic mass is 10.1. The minimum absolute atomic E-state index is 0.490. The fraction of sp³-hybridized carbons (Fsp3) is 0.364. The van der Waals surface area contributed by atoms with Gasteiger partial charge in [-0.05, 0) is 18.2 Å². The molecule has 1 N–H and O–H groups in total. The normalized spacial score (nSPS) is 13.9. The summed E-state index contributed by atoms with van der Waals surface area (Å²) in [5.74, 6) is -5.46. The second-order valence-electron chi connectivity index (χ2n) is 3.77. The molecule has 9 heteroatoms. The second-order valence-corrected chi connectivity index (χ2v) is 3.77. The van der Waals surface area contributed by atoms with E-state index in [0.717, 1.165) is 12.1 Å². The van der Waals surface area contributed by atoms with Gasteiger partial charge in [-0.1, -0.05) is 6.07 Å². The number of benzene rings is 1. The number of carboxylic acid groups (broad SMARTS) is 1. The van der Waals surface area contributed by atoms with Crippen molar-refractivity contribution in [1.29, 1.82) is 0 Å². The Kier molecular flexibility index (Phi) is 4.51. The number of hydrogen-bond donors (Lipinski definition) is 1. The monoisotopic (exact) mass is 302 g/mol. The second kappa shape index (κ2) is 5.59. The Balaban J connectivity index is 2.82. The molecule has 1 unspecified atom stereocenters. The molecule has 0 bridgehead atoms. The van der Waals surface area contributed by atoms with E-state index in [1.807, 2.05) is 0 Å². The Labute approximate surface area is 108 Å². The predicted molar refractivity (Wildman–Crippen MR) is 54.1 cm³/mol. The van der Waals surface area contributed by atoms with E-state index in [1.54, 1.807) is 0 Å². The number of alkyl halides is 6. The van der Waals surface area contributed by atoms with E-state index in [4.69, 9.17) is 5.11 Å². The summed E-state index contributed by atoms with van der Waals surface area (Å²) in [4.78, 5) is 10.4. The molecule has 0 aromatic heterocycles. The summed E-state index contributed by atoms with van der Waals surface area (Å²) >= 11 is 0. The van der Waals surface area contributed by atoms with Gasteiger partial charge in [-0.2, -0.15) is 26.3 Å². The molecule has 20 heavy (non-hydrogen) atoms. The van der Waals surface area contributed by atoms with Gasteiger partial charge in [0.2, 0.25) is 0 Å². The molecule has 0 heterocycles. The van der Waals surface area contributed by atoms with Crippen LogP contribution in [0.5, 0.6) is 5.75 Å². The molecule has 0 radical (unpaired) electrons. The van der Waals surface area contributed by atoms with Gasteiger partial charge in [-0.25, -0.2) is 0 Å². The van der Waals surface area contributed by atoms with E-state index in [2.05, 4.69) is 4.74 Å². The van der Waals surface area contributed by atoms with E-state index in [0.29, 0.717) is 12.1 Å². The zero-order valence-electron chi connectivity index (χ0n) is 9.63. The molecule has 0 fully saturated rings. The maximum atomic E-state index is 12.4. The van der Waals surface area contributed by atoms with Crippen molar-refractivity contribution >= 4 is 5.97 Å². The third-order valence-electron chi connectivity index (χ3n) is 2.27. The van der Waals surface area contributed by atoms with Crippen molar-refractivity contribution in [2.24, 2.45) is 5.92 Å². The van der Waals surface area contributed by atoms with Gasteiger partial charge in [0.1, 0.15) is 12.4 Å². The van der Waals surface area contributed by atoms with Crippen LogP contribution in [0.25, 0.3) is 0 Å². The van der Waals surface area contributed by atoms with Crippen LogP contribution in [0.2, 0.25) is 0 Å². The molecule has 0 saturated heterocycles. The minimum Gasteiger partial charge on any atom is -0.492 e. The van der Waals surface area contributed by atoms with Crippen molar-refractivity contribution in [2.75, 3.05) is 6.61 Å². The van der Waals surface area contributed by atoms with E-state index in [9.17, 15) is 31.1 Å². The number of aliphatic carboxylic acids is 1. The molecule has 0 aliphatic rings. The number of carboxylic acids is 1. The van der Waals surface area contributed by atoms with E-state index in [1.165, 1.54) is 0 Å². The topological polar surface area (TPSA) is 46.5 Å². The van der Waals surface area contributed by atoms with Crippen LogP contribution < -0.4 is 4.74 Å². The van der Waals surface area contributed by atoms with Crippen molar-refractivity contribution in [3.8, 4) is 5.75 Å². The first-order chi connectivity index (χ1) is 9.01. The summed E-state index contributed by atoms with van der Waals surface area (Å²) in [6, 6.07) is 3.16. The zero-order valence-corrected chi connectivity index (χ0v) is 9.63. The molecule has 0 spiro atoms. The van der Waals surface area contributed by atoms with Crippen LogP contribution in [-0.4, -0.2) is 23.9 Å². The summed E-state index contributed by atoms with van der Waals surface area (Å²) in [6.07, 6.45) is -9.72. The van der Waals surface area contributed by atoms with Gasteiger partial charge in [-0.3, -0.25) is 4.79 Å². The number of rotatable bonds is 4. The number of halogens is 6. The van der Waals surface area contributed by atoms with Crippen molar-refractivity contribution in [1.82, 2.24) is 0 Å². The van der Waals surface area contributed by atoms with Crippen molar-refractivity contribution in [3.63, 3.8) is 0 Å². The standard InChI is InChI=1S/C11H8F6O3/c12-10(13,14)6-2-1-3-7(4-6)20-5-8(9(18)19)11(15,16)17/h1-4,8H,5H2,(H,18,19). The highest BCUT2D eigenvalue weighted by atomic mass is 19.4.